The molecule has 0 aliphatic carbocycles. The van der Waals surface area contributed by atoms with Crippen LogP contribution in [0.2, 0.25) is 10.0 Å². The number of nitrogens with one attached hydrogen (secondary N) is 1. The number of anilines is 1. The number of tetrazole rings is 1. The first kappa shape index (κ1) is 16.5. The largest absolute Gasteiger partial charge is 0.451 e. The second-order valence-corrected chi connectivity index (χ2v) is 5.79. The number of aryl methyl sites for hydroxylation is 1. The van der Waals surface area contributed by atoms with E-state index < -0.39 is 5.91 Å². The van der Waals surface area contributed by atoms with Gasteiger partial charge in [-0.1, -0.05) is 35.2 Å². The van der Waals surface area contributed by atoms with Gasteiger partial charge in [-0.05, 0) is 42.0 Å². The van der Waals surface area contributed by atoms with E-state index in [2.05, 4.69) is 20.7 Å². The van der Waals surface area contributed by atoms with Crippen LogP contribution in [0.3, 0.4) is 0 Å². The summed E-state index contributed by atoms with van der Waals surface area (Å²) in [7, 11) is 0. The molecule has 1 aromatic carbocycles. The minimum Gasteiger partial charge on any atom is -0.451 e. The average Bonchev–Trinajstić information content (AvgIpc) is 3.17. The summed E-state index contributed by atoms with van der Waals surface area (Å²) in [5.74, 6) is 0.227. The maximum Gasteiger partial charge on any atom is 0.293 e. The van der Waals surface area contributed by atoms with Crippen LogP contribution in [0.15, 0.2) is 34.7 Å². The molecule has 9 heteroatoms. The summed E-state index contributed by atoms with van der Waals surface area (Å²) in [6.45, 7) is 2.62. The zero-order chi connectivity index (χ0) is 17.1. The van der Waals surface area contributed by atoms with E-state index in [4.69, 9.17) is 27.6 Å². The number of nitrogens with zero attached hydrogens (tertiary/aromatic N) is 4. The van der Waals surface area contributed by atoms with Crippen molar-refractivity contribution in [3.63, 3.8) is 0 Å². The molecule has 0 spiro atoms. The Kier molecular flexibility index (Phi) is 4.82. The molecule has 2 heterocycles. The van der Waals surface area contributed by atoms with Crippen LogP contribution in [0, 0.1) is 0 Å². The lowest BCUT2D eigenvalue weighted by atomic mass is 10.2. The molecule has 0 saturated carbocycles. The van der Waals surface area contributed by atoms with E-state index >= 15 is 0 Å². The SMILES string of the molecule is CCCn1nnc(NC(=O)c2ccc(-c3ccc(Cl)cc3Cl)o2)n1. The molecular formula is C15H13Cl2N5O2. The van der Waals surface area contributed by atoms with Crippen molar-refractivity contribution in [2.75, 3.05) is 5.32 Å². The topological polar surface area (TPSA) is 85.8 Å². The molecule has 0 saturated heterocycles. The van der Waals surface area contributed by atoms with Gasteiger partial charge in [0, 0.05) is 10.6 Å². The fourth-order valence-corrected chi connectivity index (χ4v) is 2.55. The van der Waals surface area contributed by atoms with Crippen LogP contribution in [-0.4, -0.2) is 26.1 Å². The van der Waals surface area contributed by atoms with Crippen LogP contribution in [0.1, 0.15) is 23.9 Å². The van der Waals surface area contributed by atoms with Crippen LogP contribution < -0.4 is 5.32 Å². The third kappa shape index (κ3) is 3.58. The third-order valence-corrected chi connectivity index (χ3v) is 3.68. The Morgan fingerprint density at radius 2 is 2.12 bits per heavy atom. The zero-order valence-corrected chi connectivity index (χ0v) is 14.2. The van der Waals surface area contributed by atoms with Crippen LogP contribution in [0.4, 0.5) is 5.95 Å². The second-order valence-electron chi connectivity index (χ2n) is 4.95. The highest BCUT2D eigenvalue weighted by Crippen LogP contribution is 2.31. The molecule has 3 aromatic rings. The minimum atomic E-state index is -0.470. The summed E-state index contributed by atoms with van der Waals surface area (Å²) < 4.78 is 5.56. The van der Waals surface area contributed by atoms with Crippen LogP contribution >= 0.6 is 23.2 Å². The van der Waals surface area contributed by atoms with Crippen LogP contribution in [0.5, 0.6) is 0 Å². The van der Waals surface area contributed by atoms with Crippen molar-refractivity contribution in [3.8, 4) is 11.3 Å². The quantitative estimate of drug-likeness (QED) is 0.740. The van der Waals surface area contributed by atoms with Gasteiger partial charge in [-0.2, -0.15) is 4.80 Å². The predicted molar refractivity (Wildman–Crippen MR) is 90.2 cm³/mol. The first-order valence-corrected chi connectivity index (χ1v) is 7.97. The van der Waals surface area contributed by atoms with Crippen LogP contribution in [0.25, 0.3) is 11.3 Å². The summed E-state index contributed by atoms with van der Waals surface area (Å²) in [5, 5.41) is 15.1. The van der Waals surface area contributed by atoms with Gasteiger partial charge in [-0.25, -0.2) is 0 Å². The summed E-state index contributed by atoms with van der Waals surface area (Å²) in [4.78, 5) is 13.6. The van der Waals surface area contributed by atoms with Crippen molar-refractivity contribution in [1.82, 2.24) is 20.2 Å². The van der Waals surface area contributed by atoms with Crippen molar-refractivity contribution in [2.45, 2.75) is 19.9 Å². The molecule has 24 heavy (non-hydrogen) atoms. The number of carbonyl (C=O) groups excluding carboxylic acids is 1. The van der Waals surface area contributed by atoms with Gasteiger partial charge in [0.15, 0.2) is 5.76 Å². The number of furan rings is 1. The number of amides is 1. The van der Waals surface area contributed by atoms with Crippen molar-refractivity contribution in [1.29, 1.82) is 0 Å². The van der Waals surface area contributed by atoms with Gasteiger partial charge in [0.25, 0.3) is 11.9 Å². The minimum absolute atomic E-state index is 0.114. The molecule has 0 aliphatic rings. The number of hydrogen-bond acceptors (Lipinski definition) is 5. The number of hydrogen-bond donors (Lipinski definition) is 1. The van der Waals surface area contributed by atoms with E-state index in [0.717, 1.165) is 6.42 Å². The number of aromatic nitrogens is 4. The molecule has 0 atom stereocenters. The fraction of sp³-hybridized carbons (Fsp3) is 0.200. The van der Waals surface area contributed by atoms with E-state index in [0.29, 0.717) is 27.9 Å². The van der Waals surface area contributed by atoms with Gasteiger partial charge in [0.05, 0.1) is 11.6 Å². The number of benzene rings is 1. The molecule has 2 aromatic heterocycles. The van der Waals surface area contributed by atoms with Crippen molar-refractivity contribution >= 4 is 35.1 Å². The Hall–Kier alpha value is -2.38. The van der Waals surface area contributed by atoms with Gasteiger partial charge >= 0.3 is 0 Å². The molecule has 1 amide bonds. The maximum atomic E-state index is 12.2. The van der Waals surface area contributed by atoms with E-state index in [1.54, 1.807) is 30.3 Å². The lowest BCUT2D eigenvalue weighted by Gasteiger charge is -2.01. The monoisotopic (exact) mass is 365 g/mol. The van der Waals surface area contributed by atoms with Gasteiger partial charge in [-0.15, -0.1) is 5.10 Å². The standard InChI is InChI=1S/C15H13Cl2N5O2/c1-2-7-22-20-15(19-21-22)18-14(23)13-6-5-12(24-13)10-4-3-9(16)8-11(10)17/h3-6,8H,2,7H2,1H3,(H,18,20,23). The lowest BCUT2D eigenvalue weighted by molar-refractivity contribution is 0.0996. The lowest BCUT2D eigenvalue weighted by Crippen LogP contribution is -2.12. The molecule has 0 aliphatic heterocycles. The molecule has 3 rings (SSSR count). The van der Waals surface area contributed by atoms with Gasteiger partial charge < -0.3 is 4.42 Å². The van der Waals surface area contributed by atoms with E-state index in [9.17, 15) is 4.79 Å². The third-order valence-electron chi connectivity index (χ3n) is 3.13. The first-order valence-electron chi connectivity index (χ1n) is 7.21. The van der Waals surface area contributed by atoms with Gasteiger partial charge in [-0.3, -0.25) is 10.1 Å². The number of rotatable bonds is 5. The smallest absolute Gasteiger partial charge is 0.293 e. The molecule has 1 N–H and O–H groups in total. The Labute approximate surface area is 147 Å². The van der Waals surface area contributed by atoms with Crippen molar-refractivity contribution in [3.05, 3.63) is 46.1 Å². The highest BCUT2D eigenvalue weighted by atomic mass is 35.5. The molecule has 7 nitrogen and oxygen atoms in total. The van der Waals surface area contributed by atoms with Crippen LogP contribution in [-0.2, 0) is 6.54 Å². The predicted octanol–water partition coefficient (Wildman–Crippen LogP) is 3.90. The number of halogens is 2. The molecular weight excluding hydrogens is 353 g/mol. The molecule has 0 radical (unpaired) electrons. The van der Waals surface area contributed by atoms with Crippen molar-refractivity contribution < 1.29 is 9.21 Å². The molecule has 0 fully saturated rings. The normalized spacial score (nSPS) is 10.8. The molecule has 124 valence electrons. The second kappa shape index (κ2) is 7.02. The fourth-order valence-electron chi connectivity index (χ4n) is 2.05. The number of carbonyl (C=O) groups is 1. The first-order chi connectivity index (χ1) is 11.6. The maximum absolute atomic E-state index is 12.2. The highest BCUT2D eigenvalue weighted by molar-refractivity contribution is 6.36. The molecule has 0 bridgehead atoms. The molecule has 0 unspecified atom stereocenters. The van der Waals surface area contributed by atoms with E-state index in [-0.39, 0.29) is 11.7 Å². The average molecular weight is 366 g/mol. The van der Waals surface area contributed by atoms with Crippen molar-refractivity contribution in [2.24, 2.45) is 0 Å². The summed E-state index contributed by atoms with van der Waals surface area (Å²) >= 11 is 12.0. The Morgan fingerprint density at radius 1 is 1.29 bits per heavy atom. The van der Waals surface area contributed by atoms with Gasteiger partial charge in [0.1, 0.15) is 5.76 Å². The summed E-state index contributed by atoms with van der Waals surface area (Å²) in [5.41, 5.74) is 0.645. The van der Waals surface area contributed by atoms with Gasteiger partial charge in [0.2, 0.25) is 0 Å². The van der Waals surface area contributed by atoms with E-state index in [1.807, 2.05) is 6.92 Å². The highest BCUT2D eigenvalue weighted by Gasteiger charge is 2.16. The Morgan fingerprint density at radius 3 is 2.88 bits per heavy atom. The summed E-state index contributed by atoms with van der Waals surface area (Å²) in [6, 6.07) is 8.23. The van der Waals surface area contributed by atoms with E-state index in [1.165, 1.54) is 4.80 Å². The Bertz CT molecular complexity index is 874. The Balaban J connectivity index is 1.75. The zero-order valence-electron chi connectivity index (χ0n) is 12.7. The summed E-state index contributed by atoms with van der Waals surface area (Å²) in [6.07, 6.45) is 0.868.